The van der Waals surface area contributed by atoms with Crippen molar-refractivity contribution >= 4 is 16.8 Å². The van der Waals surface area contributed by atoms with Gasteiger partial charge in [0.15, 0.2) is 0 Å². The molecule has 0 N–H and O–H groups in total. The lowest BCUT2D eigenvalue weighted by Gasteiger charge is -2.14. The van der Waals surface area contributed by atoms with E-state index in [4.69, 9.17) is 0 Å². The second kappa shape index (κ2) is 5.57. The molecule has 0 bridgehead atoms. The molecule has 1 fully saturated rings. The van der Waals surface area contributed by atoms with Crippen LogP contribution in [0.2, 0.25) is 0 Å². The van der Waals surface area contributed by atoms with E-state index < -0.39 is 0 Å². The summed E-state index contributed by atoms with van der Waals surface area (Å²) in [5, 5.41) is 0.791. The summed E-state index contributed by atoms with van der Waals surface area (Å²) in [5.41, 5.74) is 1.66. The molecule has 0 unspecified atom stereocenters. The molecule has 0 aliphatic carbocycles. The first-order valence-corrected chi connectivity index (χ1v) is 7.05. The molecule has 1 aliphatic heterocycles. The van der Waals surface area contributed by atoms with E-state index >= 15 is 0 Å². The smallest absolute Gasteiger partial charge is 0.222 e. The number of aryl methyl sites for hydroxylation is 1. The first kappa shape index (κ1) is 13.0. The Morgan fingerprint density at radius 3 is 2.80 bits per heavy atom. The highest BCUT2D eigenvalue weighted by molar-refractivity contribution is 5.79. The molecule has 1 aliphatic rings. The number of amides is 1. The van der Waals surface area contributed by atoms with Gasteiger partial charge in [-0.05, 0) is 43.5 Å². The normalized spacial score (nSPS) is 14.9. The van der Waals surface area contributed by atoms with Gasteiger partial charge in [0.2, 0.25) is 5.91 Å². The van der Waals surface area contributed by atoms with E-state index in [0.717, 1.165) is 42.5 Å². The van der Waals surface area contributed by atoms with E-state index in [1.54, 1.807) is 6.07 Å². The van der Waals surface area contributed by atoms with Gasteiger partial charge < -0.3 is 4.90 Å². The molecule has 0 atom stereocenters. The zero-order valence-corrected chi connectivity index (χ0v) is 11.3. The number of nitrogens with zero attached hydrogens (tertiary/aromatic N) is 2. The maximum Gasteiger partial charge on any atom is 0.222 e. The third-order valence-electron chi connectivity index (χ3n) is 3.76. The molecular weight excluding hydrogens is 255 g/mol. The van der Waals surface area contributed by atoms with Crippen molar-refractivity contribution in [1.29, 1.82) is 0 Å². The molecule has 3 nitrogen and oxygen atoms in total. The van der Waals surface area contributed by atoms with Crippen LogP contribution in [0.25, 0.3) is 10.9 Å². The molecule has 1 saturated heterocycles. The van der Waals surface area contributed by atoms with E-state index in [1.165, 1.54) is 12.1 Å². The predicted molar refractivity (Wildman–Crippen MR) is 75.8 cm³/mol. The Bertz CT molecular complexity index is 635. The summed E-state index contributed by atoms with van der Waals surface area (Å²) in [6, 6.07) is 8.30. The highest BCUT2D eigenvalue weighted by Gasteiger charge is 2.17. The molecule has 4 heteroatoms. The second-order valence-electron chi connectivity index (χ2n) is 5.23. The summed E-state index contributed by atoms with van der Waals surface area (Å²) in [4.78, 5) is 18.4. The number of likely N-dealkylation sites (tertiary alicyclic amines) is 1. The molecule has 0 spiro atoms. The molecule has 1 aromatic heterocycles. The number of hydrogen-bond donors (Lipinski definition) is 0. The summed E-state index contributed by atoms with van der Waals surface area (Å²) in [6.07, 6.45) is 3.37. The van der Waals surface area contributed by atoms with Gasteiger partial charge in [-0.2, -0.15) is 0 Å². The van der Waals surface area contributed by atoms with Crippen LogP contribution in [0.5, 0.6) is 0 Å². The first-order valence-electron chi connectivity index (χ1n) is 7.05. The van der Waals surface area contributed by atoms with Crippen LogP contribution in [0.3, 0.4) is 0 Å². The first-order chi connectivity index (χ1) is 9.72. The number of benzene rings is 1. The summed E-state index contributed by atoms with van der Waals surface area (Å²) in [7, 11) is 0. The van der Waals surface area contributed by atoms with Crippen LogP contribution >= 0.6 is 0 Å². The number of pyridine rings is 1. The Morgan fingerprint density at radius 2 is 2.00 bits per heavy atom. The van der Waals surface area contributed by atoms with Gasteiger partial charge >= 0.3 is 0 Å². The average molecular weight is 272 g/mol. The molecule has 0 saturated carbocycles. The Labute approximate surface area is 117 Å². The van der Waals surface area contributed by atoms with Gasteiger partial charge in [0.1, 0.15) is 5.82 Å². The van der Waals surface area contributed by atoms with Crippen molar-refractivity contribution in [2.24, 2.45) is 0 Å². The Morgan fingerprint density at radius 1 is 1.20 bits per heavy atom. The Kier molecular flexibility index (Phi) is 3.63. The molecule has 1 amide bonds. The quantitative estimate of drug-likeness (QED) is 0.860. The average Bonchev–Trinajstić information content (AvgIpc) is 2.99. The molecule has 1 aromatic carbocycles. The SMILES string of the molecule is O=C(CCc1ccc2cc(F)ccc2n1)N1CCCC1. The van der Waals surface area contributed by atoms with Gasteiger partial charge in [-0.1, -0.05) is 6.07 Å². The van der Waals surface area contributed by atoms with Crippen molar-refractivity contribution in [2.75, 3.05) is 13.1 Å². The third-order valence-corrected chi connectivity index (χ3v) is 3.76. The topological polar surface area (TPSA) is 33.2 Å². The van der Waals surface area contributed by atoms with Crippen molar-refractivity contribution in [1.82, 2.24) is 9.88 Å². The highest BCUT2D eigenvalue weighted by Crippen LogP contribution is 2.16. The van der Waals surface area contributed by atoms with Crippen LogP contribution in [0.4, 0.5) is 4.39 Å². The van der Waals surface area contributed by atoms with Gasteiger partial charge in [-0.3, -0.25) is 9.78 Å². The predicted octanol–water partition coefficient (Wildman–Crippen LogP) is 2.93. The van der Waals surface area contributed by atoms with E-state index in [0.29, 0.717) is 12.8 Å². The minimum absolute atomic E-state index is 0.212. The second-order valence-corrected chi connectivity index (χ2v) is 5.23. The summed E-state index contributed by atoms with van der Waals surface area (Å²) < 4.78 is 13.1. The molecule has 0 radical (unpaired) electrons. The number of aromatic nitrogens is 1. The molecule has 2 aromatic rings. The van der Waals surface area contributed by atoms with E-state index in [9.17, 15) is 9.18 Å². The van der Waals surface area contributed by atoms with Crippen LogP contribution in [0, 0.1) is 5.82 Å². The van der Waals surface area contributed by atoms with Gasteiger partial charge in [-0.25, -0.2) is 4.39 Å². The largest absolute Gasteiger partial charge is 0.343 e. The zero-order chi connectivity index (χ0) is 13.9. The van der Waals surface area contributed by atoms with Gasteiger partial charge in [0.05, 0.1) is 5.52 Å². The lowest BCUT2D eigenvalue weighted by Crippen LogP contribution is -2.27. The fraction of sp³-hybridized carbons (Fsp3) is 0.375. The number of halogens is 1. The van der Waals surface area contributed by atoms with Crippen LogP contribution in [-0.2, 0) is 11.2 Å². The standard InChI is InChI=1S/C16H17FN2O/c17-13-4-7-15-12(11-13)3-5-14(18-15)6-8-16(20)19-9-1-2-10-19/h3-5,7,11H,1-2,6,8-10H2. The minimum Gasteiger partial charge on any atom is -0.343 e. The highest BCUT2D eigenvalue weighted by atomic mass is 19.1. The van der Waals surface area contributed by atoms with E-state index in [1.807, 2.05) is 17.0 Å². The van der Waals surface area contributed by atoms with Crippen molar-refractivity contribution in [2.45, 2.75) is 25.7 Å². The summed E-state index contributed by atoms with van der Waals surface area (Å²) in [6.45, 7) is 1.78. The van der Waals surface area contributed by atoms with Crippen LogP contribution in [0.1, 0.15) is 25.0 Å². The fourth-order valence-corrected chi connectivity index (χ4v) is 2.64. The third kappa shape index (κ3) is 2.79. The zero-order valence-electron chi connectivity index (χ0n) is 11.3. The molecule has 104 valence electrons. The van der Waals surface area contributed by atoms with Crippen LogP contribution in [0.15, 0.2) is 30.3 Å². The molecule has 3 rings (SSSR count). The lowest BCUT2D eigenvalue weighted by molar-refractivity contribution is -0.130. The number of rotatable bonds is 3. The van der Waals surface area contributed by atoms with E-state index in [2.05, 4.69) is 4.98 Å². The van der Waals surface area contributed by atoms with E-state index in [-0.39, 0.29) is 11.7 Å². The van der Waals surface area contributed by atoms with Gasteiger partial charge in [0.25, 0.3) is 0 Å². The maximum absolute atomic E-state index is 13.1. The number of hydrogen-bond acceptors (Lipinski definition) is 2. The molecular formula is C16H17FN2O. The Hall–Kier alpha value is -1.97. The van der Waals surface area contributed by atoms with Gasteiger partial charge in [-0.15, -0.1) is 0 Å². The monoisotopic (exact) mass is 272 g/mol. The van der Waals surface area contributed by atoms with Crippen molar-refractivity contribution in [3.05, 3.63) is 41.8 Å². The number of fused-ring (bicyclic) bond motifs is 1. The Balaban J connectivity index is 1.68. The maximum atomic E-state index is 13.1. The lowest BCUT2D eigenvalue weighted by atomic mass is 10.1. The minimum atomic E-state index is -0.253. The number of carbonyl (C=O) groups excluding carboxylic acids is 1. The van der Waals surface area contributed by atoms with Crippen molar-refractivity contribution in [3.8, 4) is 0 Å². The number of carbonyl (C=O) groups is 1. The van der Waals surface area contributed by atoms with Crippen molar-refractivity contribution in [3.63, 3.8) is 0 Å². The molecule has 2 heterocycles. The van der Waals surface area contributed by atoms with Crippen LogP contribution < -0.4 is 0 Å². The summed E-state index contributed by atoms with van der Waals surface area (Å²) >= 11 is 0. The fourth-order valence-electron chi connectivity index (χ4n) is 2.64. The molecule has 20 heavy (non-hydrogen) atoms. The van der Waals surface area contributed by atoms with Crippen LogP contribution in [-0.4, -0.2) is 28.9 Å². The summed E-state index contributed by atoms with van der Waals surface area (Å²) in [5.74, 6) is -0.0419. The van der Waals surface area contributed by atoms with Crippen molar-refractivity contribution < 1.29 is 9.18 Å². The van der Waals surface area contributed by atoms with Gasteiger partial charge in [0, 0.05) is 30.6 Å².